The average Bonchev–Trinajstić information content (AvgIpc) is 2.60. The summed E-state index contributed by atoms with van der Waals surface area (Å²) in [6.45, 7) is 3.39. The van der Waals surface area contributed by atoms with Crippen LogP contribution < -0.4 is 20.5 Å². The number of ether oxygens (including phenoxy) is 2. The fraction of sp³-hybridized carbons (Fsp3) is 0.263. The van der Waals surface area contributed by atoms with E-state index in [1.54, 1.807) is 50.2 Å². The molecule has 0 bridgehead atoms. The number of hydrogen-bond donors (Lipinski definition) is 2. The lowest BCUT2D eigenvalue weighted by molar-refractivity contribution is -0.122. The van der Waals surface area contributed by atoms with Crippen molar-refractivity contribution in [1.29, 1.82) is 0 Å². The van der Waals surface area contributed by atoms with Crippen LogP contribution in [0.15, 0.2) is 36.4 Å². The summed E-state index contributed by atoms with van der Waals surface area (Å²) >= 11 is 6.28. The fourth-order valence-corrected chi connectivity index (χ4v) is 2.83. The second-order valence-corrected chi connectivity index (χ2v) is 6.61. The minimum atomic E-state index is -0.914. The Morgan fingerprint density at radius 3 is 2.23 bits per heavy atom. The maximum absolute atomic E-state index is 12.5. The van der Waals surface area contributed by atoms with Gasteiger partial charge in [-0.2, -0.15) is 0 Å². The molecular weight excluding hydrogens is 356 g/mol. The fourth-order valence-electron chi connectivity index (χ4n) is 2.41. The van der Waals surface area contributed by atoms with Gasteiger partial charge in [0.25, 0.3) is 5.91 Å². The molecule has 6 nitrogen and oxygen atoms in total. The van der Waals surface area contributed by atoms with Crippen molar-refractivity contribution in [3.05, 3.63) is 52.5 Å². The van der Waals surface area contributed by atoms with Gasteiger partial charge in [-0.25, -0.2) is 0 Å². The summed E-state index contributed by atoms with van der Waals surface area (Å²) in [5, 5.41) is 3.11. The van der Waals surface area contributed by atoms with Gasteiger partial charge in [0.2, 0.25) is 5.91 Å². The molecule has 2 aromatic rings. The standard InChI is InChI=1S/C19H21ClN2O4/c1-19(2,18(21)24)13-7-6-12(10-14(13)20)22-17(23)11-5-8-15(25-3)16(9-11)26-4/h5-10H,1-4H3,(H2,21,24)(H,22,23). The lowest BCUT2D eigenvalue weighted by Crippen LogP contribution is -2.35. The topological polar surface area (TPSA) is 90.6 Å². The minimum absolute atomic E-state index is 0.330. The highest BCUT2D eigenvalue weighted by molar-refractivity contribution is 6.32. The van der Waals surface area contributed by atoms with E-state index in [-0.39, 0.29) is 5.91 Å². The highest BCUT2D eigenvalue weighted by Crippen LogP contribution is 2.32. The van der Waals surface area contributed by atoms with Crippen LogP contribution in [0.4, 0.5) is 5.69 Å². The van der Waals surface area contributed by atoms with Crippen LogP contribution >= 0.6 is 11.6 Å². The number of methoxy groups -OCH3 is 2. The predicted octanol–water partition coefficient (Wildman–Crippen LogP) is 3.37. The molecule has 0 spiro atoms. The lowest BCUT2D eigenvalue weighted by Gasteiger charge is -2.22. The summed E-state index contributed by atoms with van der Waals surface area (Å²) in [5.41, 5.74) is 6.01. The van der Waals surface area contributed by atoms with Crippen molar-refractivity contribution in [3.63, 3.8) is 0 Å². The van der Waals surface area contributed by atoms with E-state index in [1.165, 1.54) is 14.2 Å². The van der Waals surface area contributed by atoms with Gasteiger partial charge in [-0.3, -0.25) is 9.59 Å². The molecule has 2 amide bonds. The first-order valence-electron chi connectivity index (χ1n) is 7.84. The Balaban J connectivity index is 2.25. The molecule has 26 heavy (non-hydrogen) atoms. The smallest absolute Gasteiger partial charge is 0.255 e. The normalized spacial score (nSPS) is 11.0. The quantitative estimate of drug-likeness (QED) is 0.808. The van der Waals surface area contributed by atoms with Crippen LogP contribution in [0.3, 0.4) is 0 Å². The highest BCUT2D eigenvalue weighted by Gasteiger charge is 2.29. The first-order valence-corrected chi connectivity index (χ1v) is 8.21. The number of halogens is 1. The van der Waals surface area contributed by atoms with Gasteiger partial charge in [0.05, 0.1) is 19.6 Å². The molecule has 0 aliphatic carbocycles. The zero-order valence-corrected chi connectivity index (χ0v) is 15.8. The van der Waals surface area contributed by atoms with Gasteiger partial charge in [0.15, 0.2) is 11.5 Å². The van der Waals surface area contributed by atoms with Gasteiger partial charge >= 0.3 is 0 Å². The maximum atomic E-state index is 12.5. The molecule has 0 unspecified atom stereocenters. The molecule has 0 aromatic heterocycles. The monoisotopic (exact) mass is 376 g/mol. The predicted molar refractivity (Wildman–Crippen MR) is 101 cm³/mol. The zero-order chi connectivity index (χ0) is 19.5. The largest absolute Gasteiger partial charge is 0.493 e. The third kappa shape index (κ3) is 3.91. The van der Waals surface area contributed by atoms with Gasteiger partial charge in [-0.1, -0.05) is 17.7 Å². The SMILES string of the molecule is COc1ccc(C(=O)Nc2ccc(C(C)(C)C(N)=O)c(Cl)c2)cc1OC. The molecule has 0 saturated carbocycles. The summed E-state index contributed by atoms with van der Waals surface area (Å²) in [7, 11) is 3.02. The van der Waals surface area contributed by atoms with Gasteiger partial charge in [0, 0.05) is 16.3 Å². The van der Waals surface area contributed by atoms with Gasteiger partial charge in [-0.15, -0.1) is 0 Å². The second kappa shape index (κ2) is 7.66. The van der Waals surface area contributed by atoms with E-state index in [4.69, 9.17) is 26.8 Å². The Labute approximate surface area is 157 Å². The molecule has 0 saturated heterocycles. The molecule has 0 atom stereocenters. The van der Waals surface area contributed by atoms with Gasteiger partial charge < -0.3 is 20.5 Å². The molecule has 2 rings (SSSR count). The van der Waals surface area contributed by atoms with Crippen molar-refractivity contribution >= 4 is 29.1 Å². The number of amides is 2. The Bertz CT molecular complexity index is 849. The minimum Gasteiger partial charge on any atom is -0.493 e. The van der Waals surface area contributed by atoms with Crippen LogP contribution in [0.5, 0.6) is 11.5 Å². The van der Waals surface area contributed by atoms with E-state index in [1.807, 2.05) is 0 Å². The molecule has 2 aromatic carbocycles. The summed E-state index contributed by atoms with van der Waals surface area (Å²) in [6, 6.07) is 9.80. The molecule has 0 fully saturated rings. The summed E-state index contributed by atoms with van der Waals surface area (Å²) in [4.78, 5) is 24.1. The van der Waals surface area contributed by atoms with E-state index in [0.29, 0.717) is 33.3 Å². The van der Waals surface area contributed by atoms with Crippen molar-refractivity contribution in [1.82, 2.24) is 0 Å². The van der Waals surface area contributed by atoms with Crippen molar-refractivity contribution in [3.8, 4) is 11.5 Å². The summed E-state index contributed by atoms with van der Waals surface area (Å²) < 4.78 is 10.4. The molecule has 0 heterocycles. The van der Waals surface area contributed by atoms with Crippen LogP contribution in [-0.4, -0.2) is 26.0 Å². The number of benzene rings is 2. The lowest BCUT2D eigenvalue weighted by atomic mass is 9.84. The third-order valence-electron chi connectivity index (χ3n) is 4.16. The number of nitrogens with two attached hydrogens (primary N) is 1. The summed E-state index contributed by atoms with van der Waals surface area (Å²) in [6.07, 6.45) is 0. The third-order valence-corrected chi connectivity index (χ3v) is 4.47. The molecule has 138 valence electrons. The number of nitrogens with one attached hydrogen (secondary N) is 1. The number of rotatable bonds is 6. The molecular formula is C19H21ClN2O4. The Morgan fingerprint density at radius 2 is 1.69 bits per heavy atom. The van der Waals surface area contributed by atoms with E-state index in [0.717, 1.165) is 0 Å². The number of carbonyl (C=O) groups excluding carboxylic acids is 2. The van der Waals surface area contributed by atoms with Crippen molar-refractivity contribution in [2.24, 2.45) is 5.73 Å². The average molecular weight is 377 g/mol. The molecule has 7 heteroatoms. The molecule has 3 N–H and O–H groups in total. The van der Waals surface area contributed by atoms with Crippen molar-refractivity contribution in [2.45, 2.75) is 19.3 Å². The zero-order valence-electron chi connectivity index (χ0n) is 15.1. The van der Waals surface area contributed by atoms with E-state index in [2.05, 4.69) is 5.32 Å². The first-order chi connectivity index (χ1) is 12.2. The van der Waals surface area contributed by atoms with E-state index < -0.39 is 11.3 Å². The number of primary amides is 1. The van der Waals surface area contributed by atoms with E-state index >= 15 is 0 Å². The van der Waals surface area contributed by atoms with Crippen molar-refractivity contribution in [2.75, 3.05) is 19.5 Å². The molecule has 0 aliphatic rings. The Hall–Kier alpha value is -2.73. The number of anilines is 1. The van der Waals surface area contributed by atoms with Crippen LogP contribution in [0.1, 0.15) is 29.8 Å². The highest BCUT2D eigenvalue weighted by atomic mass is 35.5. The van der Waals surface area contributed by atoms with Crippen LogP contribution in [-0.2, 0) is 10.2 Å². The first kappa shape index (κ1) is 19.6. The van der Waals surface area contributed by atoms with Crippen LogP contribution in [0.25, 0.3) is 0 Å². The van der Waals surface area contributed by atoms with Crippen LogP contribution in [0, 0.1) is 0 Å². The van der Waals surface area contributed by atoms with Crippen LogP contribution in [0.2, 0.25) is 5.02 Å². The second-order valence-electron chi connectivity index (χ2n) is 6.21. The van der Waals surface area contributed by atoms with Gasteiger partial charge in [0.1, 0.15) is 0 Å². The Kier molecular flexibility index (Phi) is 5.77. The molecule has 0 aliphatic heterocycles. The number of hydrogen-bond acceptors (Lipinski definition) is 4. The maximum Gasteiger partial charge on any atom is 0.255 e. The van der Waals surface area contributed by atoms with Gasteiger partial charge in [-0.05, 0) is 49.7 Å². The molecule has 0 radical (unpaired) electrons. The number of carbonyl (C=O) groups is 2. The Morgan fingerprint density at radius 1 is 1.04 bits per heavy atom. The van der Waals surface area contributed by atoms with Crippen molar-refractivity contribution < 1.29 is 19.1 Å². The summed E-state index contributed by atoms with van der Waals surface area (Å²) in [5.74, 6) is 0.173. The van der Waals surface area contributed by atoms with E-state index in [9.17, 15) is 9.59 Å².